The highest BCUT2D eigenvalue weighted by Gasteiger charge is 2.11. The van der Waals surface area contributed by atoms with Gasteiger partial charge in [-0.15, -0.1) is 0 Å². The third-order valence-electron chi connectivity index (χ3n) is 2.01. The van der Waals surface area contributed by atoms with Gasteiger partial charge in [0.15, 0.2) is 0 Å². The van der Waals surface area contributed by atoms with Crippen LogP contribution in [0.3, 0.4) is 0 Å². The third-order valence-corrected chi connectivity index (χ3v) is 3.09. The molecule has 0 bridgehead atoms. The first kappa shape index (κ1) is 10.7. The second-order valence-electron chi connectivity index (χ2n) is 3.24. The summed E-state index contributed by atoms with van der Waals surface area (Å²) in [4.78, 5) is 0. The van der Waals surface area contributed by atoms with Gasteiger partial charge in [-0.2, -0.15) is 0 Å². The van der Waals surface area contributed by atoms with Crippen molar-refractivity contribution in [2.75, 3.05) is 6.54 Å². The van der Waals surface area contributed by atoms with Crippen LogP contribution in [0, 0.1) is 13.8 Å². The lowest BCUT2D eigenvalue weighted by atomic mass is 10.0. The molecule has 1 unspecified atom stereocenters. The zero-order chi connectivity index (χ0) is 10.0. The Hall–Kier alpha value is -0.380. The molecule has 0 fully saturated rings. The van der Waals surface area contributed by atoms with Gasteiger partial charge < -0.3 is 10.8 Å². The van der Waals surface area contributed by atoms with E-state index in [4.69, 9.17) is 5.73 Å². The summed E-state index contributed by atoms with van der Waals surface area (Å²) in [7, 11) is 0. The number of benzene rings is 1. The molecule has 0 aromatic heterocycles. The molecular formula is C10H14BrNO. The van der Waals surface area contributed by atoms with Crippen LogP contribution in [0.25, 0.3) is 0 Å². The highest BCUT2D eigenvalue weighted by atomic mass is 79.9. The average Bonchev–Trinajstić information content (AvgIpc) is 2.10. The Kier molecular flexibility index (Phi) is 3.47. The van der Waals surface area contributed by atoms with Crippen molar-refractivity contribution < 1.29 is 5.11 Å². The Labute approximate surface area is 86.9 Å². The fraction of sp³-hybridized carbons (Fsp3) is 0.400. The molecule has 0 saturated carbocycles. The SMILES string of the molecule is Cc1cc(C)c(Br)c(C(O)CN)c1. The van der Waals surface area contributed by atoms with Crippen molar-refractivity contribution >= 4 is 15.9 Å². The van der Waals surface area contributed by atoms with Crippen LogP contribution in [0.15, 0.2) is 16.6 Å². The van der Waals surface area contributed by atoms with E-state index in [1.165, 1.54) is 0 Å². The molecule has 1 atom stereocenters. The number of aliphatic hydroxyl groups excluding tert-OH is 1. The van der Waals surface area contributed by atoms with E-state index in [2.05, 4.69) is 22.0 Å². The van der Waals surface area contributed by atoms with Crippen LogP contribution < -0.4 is 5.73 Å². The lowest BCUT2D eigenvalue weighted by molar-refractivity contribution is 0.186. The van der Waals surface area contributed by atoms with Gasteiger partial charge in [-0.3, -0.25) is 0 Å². The zero-order valence-electron chi connectivity index (χ0n) is 7.84. The van der Waals surface area contributed by atoms with Crippen molar-refractivity contribution in [2.24, 2.45) is 5.73 Å². The summed E-state index contributed by atoms with van der Waals surface area (Å²) in [6.07, 6.45) is -0.576. The minimum atomic E-state index is -0.576. The molecule has 3 N–H and O–H groups in total. The molecule has 2 nitrogen and oxygen atoms in total. The topological polar surface area (TPSA) is 46.2 Å². The van der Waals surface area contributed by atoms with Crippen LogP contribution in [0.1, 0.15) is 22.8 Å². The maximum absolute atomic E-state index is 9.60. The maximum atomic E-state index is 9.60. The number of nitrogens with two attached hydrogens (primary N) is 1. The van der Waals surface area contributed by atoms with Crippen LogP contribution in [0.5, 0.6) is 0 Å². The molecule has 3 heteroatoms. The molecular weight excluding hydrogens is 230 g/mol. The van der Waals surface area contributed by atoms with E-state index in [0.29, 0.717) is 0 Å². The smallest absolute Gasteiger partial charge is 0.0923 e. The molecule has 13 heavy (non-hydrogen) atoms. The lowest BCUT2D eigenvalue weighted by Gasteiger charge is -2.13. The van der Waals surface area contributed by atoms with Crippen molar-refractivity contribution in [3.8, 4) is 0 Å². The molecule has 0 saturated heterocycles. The van der Waals surface area contributed by atoms with Crippen molar-refractivity contribution in [3.05, 3.63) is 33.3 Å². The van der Waals surface area contributed by atoms with Crippen molar-refractivity contribution in [2.45, 2.75) is 20.0 Å². The number of halogens is 1. The van der Waals surface area contributed by atoms with Gasteiger partial charge >= 0.3 is 0 Å². The molecule has 0 radical (unpaired) electrons. The van der Waals surface area contributed by atoms with E-state index in [1.54, 1.807) is 0 Å². The summed E-state index contributed by atoms with van der Waals surface area (Å²) >= 11 is 3.44. The van der Waals surface area contributed by atoms with Crippen molar-refractivity contribution in [1.82, 2.24) is 0 Å². The van der Waals surface area contributed by atoms with Gasteiger partial charge in [0.05, 0.1) is 6.10 Å². The molecule has 0 heterocycles. The van der Waals surface area contributed by atoms with Gasteiger partial charge in [0, 0.05) is 11.0 Å². The standard InChI is InChI=1S/C10H14BrNO/c1-6-3-7(2)10(11)8(4-6)9(13)5-12/h3-4,9,13H,5,12H2,1-2H3. The predicted molar refractivity (Wildman–Crippen MR) is 57.6 cm³/mol. The molecule has 1 aromatic rings. The van der Waals surface area contributed by atoms with Crippen LogP contribution in [-0.2, 0) is 0 Å². The molecule has 0 aliphatic rings. The molecule has 0 amide bonds. The number of aryl methyl sites for hydroxylation is 2. The Morgan fingerprint density at radius 3 is 2.62 bits per heavy atom. The summed E-state index contributed by atoms with van der Waals surface area (Å²) in [5, 5.41) is 9.60. The summed E-state index contributed by atoms with van der Waals surface area (Å²) < 4.78 is 0.955. The average molecular weight is 244 g/mol. The lowest BCUT2D eigenvalue weighted by Crippen LogP contribution is -2.12. The fourth-order valence-electron chi connectivity index (χ4n) is 1.35. The van der Waals surface area contributed by atoms with E-state index < -0.39 is 6.10 Å². The van der Waals surface area contributed by atoms with E-state index >= 15 is 0 Å². The summed E-state index contributed by atoms with van der Waals surface area (Å²) in [5.41, 5.74) is 8.55. The number of rotatable bonds is 2. The summed E-state index contributed by atoms with van der Waals surface area (Å²) in [6.45, 7) is 4.26. The van der Waals surface area contributed by atoms with Gasteiger partial charge in [-0.25, -0.2) is 0 Å². The monoisotopic (exact) mass is 243 g/mol. The van der Waals surface area contributed by atoms with Crippen molar-refractivity contribution in [1.29, 1.82) is 0 Å². The Balaban J connectivity index is 3.20. The zero-order valence-corrected chi connectivity index (χ0v) is 9.43. The first-order chi connectivity index (χ1) is 6.06. The molecule has 0 aliphatic carbocycles. The minimum absolute atomic E-state index is 0.251. The van der Waals surface area contributed by atoms with Crippen LogP contribution in [0.2, 0.25) is 0 Å². The van der Waals surface area contributed by atoms with Gasteiger partial charge in [0.1, 0.15) is 0 Å². The quantitative estimate of drug-likeness (QED) is 0.836. The second-order valence-corrected chi connectivity index (χ2v) is 4.03. The molecule has 1 aromatic carbocycles. The summed E-state index contributed by atoms with van der Waals surface area (Å²) in [5.74, 6) is 0. The number of hydrogen-bond donors (Lipinski definition) is 2. The molecule has 0 spiro atoms. The van der Waals surface area contributed by atoms with Crippen LogP contribution >= 0.6 is 15.9 Å². The van der Waals surface area contributed by atoms with Gasteiger partial charge in [-0.05, 0) is 25.0 Å². The normalized spacial score (nSPS) is 13.0. The van der Waals surface area contributed by atoms with E-state index in [0.717, 1.165) is 21.2 Å². The highest BCUT2D eigenvalue weighted by molar-refractivity contribution is 9.10. The predicted octanol–water partition coefficient (Wildman–Crippen LogP) is 2.06. The highest BCUT2D eigenvalue weighted by Crippen LogP contribution is 2.27. The largest absolute Gasteiger partial charge is 0.387 e. The Bertz CT molecular complexity index is 312. The third kappa shape index (κ3) is 2.30. The Morgan fingerprint density at radius 1 is 1.46 bits per heavy atom. The first-order valence-electron chi connectivity index (χ1n) is 4.21. The molecule has 1 rings (SSSR count). The maximum Gasteiger partial charge on any atom is 0.0923 e. The van der Waals surface area contributed by atoms with Gasteiger partial charge in [-0.1, -0.05) is 33.6 Å². The van der Waals surface area contributed by atoms with E-state index in [1.807, 2.05) is 19.9 Å². The Morgan fingerprint density at radius 2 is 2.08 bits per heavy atom. The number of aliphatic hydroxyl groups is 1. The van der Waals surface area contributed by atoms with Crippen molar-refractivity contribution in [3.63, 3.8) is 0 Å². The van der Waals surface area contributed by atoms with E-state index in [9.17, 15) is 5.11 Å². The first-order valence-corrected chi connectivity index (χ1v) is 5.00. The van der Waals surface area contributed by atoms with E-state index in [-0.39, 0.29) is 6.54 Å². The summed E-state index contributed by atoms with van der Waals surface area (Å²) in [6, 6.07) is 4.02. The number of hydrogen-bond acceptors (Lipinski definition) is 2. The fourth-order valence-corrected chi connectivity index (χ4v) is 1.85. The minimum Gasteiger partial charge on any atom is -0.387 e. The van der Waals surface area contributed by atoms with Crippen LogP contribution in [-0.4, -0.2) is 11.7 Å². The van der Waals surface area contributed by atoms with Gasteiger partial charge in [0.2, 0.25) is 0 Å². The molecule has 72 valence electrons. The van der Waals surface area contributed by atoms with Crippen LogP contribution in [0.4, 0.5) is 0 Å². The molecule has 0 aliphatic heterocycles. The van der Waals surface area contributed by atoms with Gasteiger partial charge in [0.25, 0.3) is 0 Å². The second kappa shape index (κ2) is 4.22.